The summed E-state index contributed by atoms with van der Waals surface area (Å²) in [6.07, 6.45) is 5.34. The maximum atomic E-state index is 12.6. The summed E-state index contributed by atoms with van der Waals surface area (Å²) in [5.41, 5.74) is 4.48. The number of thioether (sulfide) groups is 1. The highest BCUT2D eigenvalue weighted by molar-refractivity contribution is 7.98. The quantitative estimate of drug-likeness (QED) is 0.309. The lowest BCUT2D eigenvalue weighted by atomic mass is 10.1. The van der Waals surface area contributed by atoms with Crippen LogP contribution in [0.2, 0.25) is 0 Å². The van der Waals surface area contributed by atoms with E-state index in [1.165, 1.54) is 6.33 Å². The average Bonchev–Trinajstić information content (AvgIpc) is 3.27. The molecular formula is C23H18N6OS. The van der Waals surface area contributed by atoms with Crippen LogP contribution in [-0.4, -0.2) is 31.1 Å². The summed E-state index contributed by atoms with van der Waals surface area (Å²) in [6, 6.07) is 17.7. The SMILES string of the molecule is O=C(Cc1ccc2ncccc2c1)Nc1cccc(CSc2ncnc3[nH]ncc23)c1. The number of amides is 1. The summed E-state index contributed by atoms with van der Waals surface area (Å²) in [5, 5.41) is 12.7. The first-order valence-electron chi connectivity index (χ1n) is 9.74. The van der Waals surface area contributed by atoms with Gasteiger partial charge in [0.1, 0.15) is 11.4 Å². The molecule has 0 bridgehead atoms. The molecule has 2 N–H and O–H groups in total. The third-order valence-electron chi connectivity index (χ3n) is 4.83. The number of fused-ring (bicyclic) bond motifs is 2. The third-order valence-corrected chi connectivity index (χ3v) is 5.91. The first kappa shape index (κ1) is 19.2. The Morgan fingerprint density at radius 1 is 1.00 bits per heavy atom. The largest absolute Gasteiger partial charge is 0.326 e. The van der Waals surface area contributed by atoms with Crippen molar-refractivity contribution < 1.29 is 4.79 Å². The maximum absolute atomic E-state index is 12.6. The lowest BCUT2D eigenvalue weighted by Gasteiger charge is -2.08. The number of hydrogen-bond acceptors (Lipinski definition) is 6. The normalized spacial score (nSPS) is 11.1. The van der Waals surface area contributed by atoms with Crippen LogP contribution in [0.25, 0.3) is 21.9 Å². The van der Waals surface area contributed by atoms with E-state index in [0.717, 1.165) is 49.5 Å². The highest BCUT2D eigenvalue weighted by atomic mass is 32.2. The van der Waals surface area contributed by atoms with Crippen molar-refractivity contribution in [3.05, 3.63) is 84.4 Å². The molecule has 152 valence electrons. The lowest BCUT2D eigenvalue weighted by Crippen LogP contribution is -2.14. The van der Waals surface area contributed by atoms with Gasteiger partial charge >= 0.3 is 0 Å². The Morgan fingerprint density at radius 3 is 2.94 bits per heavy atom. The standard InChI is InChI=1S/C23H18N6OS/c30-21(11-15-6-7-20-17(9-15)4-2-8-24-20)28-18-5-1-3-16(10-18)13-31-23-19-12-27-29-22(19)25-14-26-23/h1-10,12,14H,11,13H2,(H,28,30)(H,25,26,27,29). The zero-order valence-corrected chi connectivity index (χ0v) is 17.3. The number of carbonyl (C=O) groups excluding carboxylic acids is 1. The number of aromatic amines is 1. The molecule has 8 heteroatoms. The minimum absolute atomic E-state index is 0.0519. The van der Waals surface area contributed by atoms with Crippen LogP contribution in [0.4, 0.5) is 5.69 Å². The molecule has 0 aliphatic rings. The fourth-order valence-electron chi connectivity index (χ4n) is 3.37. The van der Waals surface area contributed by atoms with E-state index in [-0.39, 0.29) is 5.91 Å². The molecule has 0 spiro atoms. The summed E-state index contributed by atoms with van der Waals surface area (Å²) >= 11 is 1.61. The van der Waals surface area contributed by atoms with Crippen LogP contribution in [0.3, 0.4) is 0 Å². The van der Waals surface area contributed by atoms with Crippen molar-refractivity contribution in [2.45, 2.75) is 17.2 Å². The van der Waals surface area contributed by atoms with Gasteiger partial charge in [0, 0.05) is 23.0 Å². The average molecular weight is 427 g/mol. The van der Waals surface area contributed by atoms with Crippen LogP contribution in [0, 0.1) is 0 Å². The third kappa shape index (κ3) is 4.39. The van der Waals surface area contributed by atoms with Crippen molar-refractivity contribution in [3.8, 4) is 0 Å². The molecule has 0 unspecified atom stereocenters. The number of rotatable bonds is 6. The zero-order valence-electron chi connectivity index (χ0n) is 16.4. The molecule has 1 amide bonds. The molecule has 0 fully saturated rings. The number of aromatic nitrogens is 5. The maximum Gasteiger partial charge on any atom is 0.228 e. The first-order valence-corrected chi connectivity index (χ1v) is 10.7. The summed E-state index contributed by atoms with van der Waals surface area (Å²) in [4.78, 5) is 25.4. The molecule has 0 aliphatic heterocycles. The molecule has 2 aromatic carbocycles. The molecular weight excluding hydrogens is 408 g/mol. The second-order valence-corrected chi connectivity index (χ2v) is 8.02. The van der Waals surface area contributed by atoms with Crippen LogP contribution in [0.1, 0.15) is 11.1 Å². The van der Waals surface area contributed by atoms with Gasteiger partial charge in [0.25, 0.3) is 0 Å². The number of hydrogen-bond donors (Lipinski definition) is 2. The monoisotopic (exact) mass is 426 g/mol. The molecule has 0 radical (unpaired) electrons. The lowest BCUT2D eigenvalue weighted by molar-refractivity contribution is -0.115. The number of anilines is 1. The summed E-state index contributed by atoms with van der Waals surface area (Å²) in [6.45, 7) is 0. The Hall–Kier alpha value is -3.78. The van der Waals surface area contributed by atoms with Gasteiger partial charge in [-0.3, -0.25) is 14.9 Å². The number of H-pyrrole nitrogens is 1. The van der Waals surface area contributed by atoms with Crippen molar-refractivity contribution in [1.82, 2.24) is 25.1 Å². The summed E-state index contributed by atoms with van der Waals surface area (Å²) < 4.78 is 0. The second kappa shape index (κ2) is 8.53. The minimum Gasteiger partial charge on any atom is -0.326 e. The van der Waals surface area contributed by atoms with Gasteiger partial charge in [-0.25, -0.2) is 9.97 Å². The van der Waals surface area contributed by atoms with Gasteiger partial charge in [0.05, 0.1) is 23.5 Å². The molecule has 0 saturated heterocycles. The van der Waals surface area contributed by atoms with E-state index >= 15 is 0 Å². The Kier molecular flexibility index (Phi) is 5.28. The Balaban J connectivity index is 1.24. The van der Waals surface area contributed by atoms with Gasteiger partial charge in [0.15, 0.2) is 5.65 Å². The highest BCUT2D eigenvalue weighted by Gasteiger charge is 2.08. The second-order valence-electron chi connectivity index (χ2n) is 7.06. The zero-order chi connectivity index (χ0) is 21.0. The first-order chi connectivity index (χ1) is 15.2. The van der Waals surface area contributed by atoms with Crippen molar-refractivity contribution in [1.29, 1.82) is 0 Å². The van der Waals surface area contributed by atoms with Gasteiger partial charge in [0.2, 0.25) is 5.91 Å². The molecule has 0 atom stereocenters. The van der Waals surface area contributed by atoms with Crippen molar-refractivity contribution in [2.24, 2.45) is 0 Å². The van der Waals surface area contributed by atoms with Crippen LogP contribution in [0.15, 0.2) is 78.3 Å². The van der Waals surface area contributed by atoms with Gasteiger partial charge in [-0.15, -0.1) is 11.8 Å². The minimum atomic E-state index is -0.0519. The molecule has 0 aliphatic carbocycles. The number of benzene rings is 2. The smallest absolute Gasteiger partial charge is 0.228 e. The Labute approximate surface area is 182 Å². The van der Waals surface area contributed by atoms with Crippen molar-refractivity contribution >= 4 is 45.3 Å². The van der Waals surface area contributed by atoms with Crippen LogP contribution in [0.5, 0.6) is 0 Å². The van der Waals surface area contributed by atoms with Gasteiger partial charge in [-0.2, -0.15) is 5.10 Å². The molecule has 5 aromatic rings. The van der Waals surface area contributed by atoms with Crippen LogP contribution < -0.4 is 5.32 Å². The fraction of sp³-hybridized carbons (Fsp3) is 0.0870. The van der Waals surface area contributed by atoms with E-state index < -0.39 is 0 Å². The van der Waals surface area contributed by atoms with Crippen molar-refractivity contribution in [2.75, 3.05) is 5.32 Å². The highest BCUT2D eigenvalue weighted by Crippen LogP contribution is 2.27. The van der Waals surface area contributed by atoms with Crippen LogP contribution in [-0.2, 0) is 17.0 Å². The molecule has 7 nitrogen and oxygen atoms in total. The Bertz CT molecular complexity index is 1380. The van der Waals surface area contributed by atoms with E-state index in [0.29, 0.717) is 6.42 Å². The summed E-state index contributed by atoms with van der Waals surface area (Å²) in [7, 11) is 0. The van der Waals surface area contributed by atoms with E-state index in [1.807, 2.05) is 54.6 Å². The fourth-order valence-corrected chi connectivity index (χ4v) is 4.28. The number of pyridine rings is 1. The topological polar surface area (TPSA) is 96.5 Å². The predicted molar refractivity (Wildman–Crippen MR) is 122 cm³/mol. The predicted octanol–water partition coefficient (Wildman–Crippen LogP) is 4.37. The molecule has 3 aromatic heterocycles. The molecule has 0 saturated carbocycles. The summed E-state index contributed by atoms with van der Waals surface area (Å²) in [5.74, 6) is 0.669. The van der Waals surface area contributed by atoms with Crippen LogP contribution >= 0.6 is 11.8 Å². The van der Waals surface area contributed by atoms with E-state index in [4.69, 9.17) is 0 Å². The van der Waals surface area contributed by atoms with Gasteiger partial charge in [-0.05, 0) is 41.5 Å². The van der Waals surface area contributed by atoms with Crippen molar-refractivity contribution in [3.63, 3.8) is 0 Å². The van der Waals surface area contributed by atoms with E-state index in [1.54, 1.807) is 24.2 Å². The molecule has 5 rings (SSSR count). The number of nitrogens with one attached hydrogen (secondary N) is 2. The number of nitrogens with zero attached hydrogens (tertiary/aromatic N) is 4. The van der Waals surface area contributed by atoms with Gasteiger partial charge < -0.3 is 5.32 Å². The van der Waals surface area contributed by atoms with Gasteiger partial charge in [-0.1, -0.05) is 24.3 Å². The van der Waals surface area contributed by atoms with E-state index in [2.05, 4.69) is 30.5 Å². The molecule has 3 heterocycles. The Morgan fingerprint density at radius 2 is 1.97 bits per heavy atom. The number of carbonyl (C=O) groups is 1. The molecule has 31 heavy (non-hydrogen) atoms. The van der Waals surface area contributed by atoms with E-state index in [9.17, 15) is 4.79 Å².